The van der Waals surface area contributed by atoms with Crippen molar-refractivity contribution in [2.24, 2.45) is 11.8 Å². The van der Waals surface area contributed by atoms with Crippen LogP contribution in [-0.2, 0) is 26.2 Å². The molecular weight excluding hydrogens is 604 g/mol. The SMILES string of the molecule is C1=CC(CC[C@H]2C=CC3=C2CCCC3)C2=C1CCCC2.Oc1ccc2ccccc2c1-c1c(O)ccc2ccccc12.[Zr]. The van der Waals surface area contributed by atoms with Gasteiger partial charge in [0.15, 0.2) is 0 Å². The monoisotopic (exact) mass is 642 g/mol. The van der Waals surface area contributed by atoms with Crippen LogP contribution in [0.15, 0.2) is 119 Å². The first-order valence-corrected chi connectivity index (χ1v) is 15.9. The molecule has 4 aromatic carbocycles. The van der Waals surface area contributed by atoms with E-state index in [2.05, 4.69) is 24.3 Å². The predicted octanol–water partition coefficient (Wildman–Crippen LogP) is 10.9. The molecule has 2 atom stereocenters. The van der Waals surface area contributed by atoms with E-state index in [1.165, 1.54) is 64.2 Å². The molecule has 0 aromatic heterocycles. The Labute approximate surface area is 274 Å². The average molecular weight is 644 g/mol. The normalized spacial score (nSPS) is 20.6. The summed E-state index contributed by atoms with van der Waals surface area (Å²) in [7, 11) is 0. The molecule has 0 heterocycles. The number of fused-ring (bicyclic) bond motifs is 2. The van der Waals surface area contributed by atoms with Gasteiger partial charge in [-0.15, -0.1) is 0 Å². The standard InChI is InChI=1S/C20H14O2.C20H26.Zr/c21-17-11-9-13-5-1-3-7-15(13)19(17)20-16-8-4-2-6-14(16)10-12-18(20)22;1-3-7-19-15(5-1)9-11-17(19)13-14-18-12-10-16-6-2-4-8-20(16)18;/h1-12,21-22H;9-12,17-18H,1-8,13-14H2;/t;17-,18?;/m.1./s1. The summed E-state index contributed by atoms with van der Waals surface area (Å²) >= 11 is 0. The molecule has 4 aliphatic carbocycles. The van der Waals surface area contributed by atoms with Crippen molar-refractivity contribution >= 4 is 21.5 Å². The number of hydrogen-bond donors (Lipinski definition) is 2. The molecule has 0 bridgehead atoms. The van der Waals surface area contributed by atoms with Crippen molar-refractivity contribution in [2.45, 2.75) is 64.2 Å². The van der Waals surface area contributed by atoms with Crippen molar-refractivity contribution in [3.8, 4) is 22.6 Å². The van der Waals surface area contributed by atoms with Gasteiger partial charge in [0.05, 0.1) is 0 Å². The van der Waals surface area contributed by atoms with E-state index < -0.39 is 0 Å². The maximum Gasteiger partial charge on any atom is 0.124 e. The second-order valence-electron chi connectivity index (χ2n) is 12.4. The largest absolute Gasteiger partial charge is 0.507 e. The first-order chi connectivity index (χ1) is 20.7. The topological polar surface area (TPSA) is 40.5 Å². The summed E-state index contributed by atoms with van der Waals surface area (Å²) in [5, 5.41) is 24.8. The van der Waals surface area contributed by atoms with E-state index in [4.69, 9.17) is 0 Å². The zero-order chi connectivity index (χ0) is 28.5. The zero-order valence-electron chi connectivity index (χ0n) is 24.9. The van der Waals surface area contributed by atoms with Gasteiger partial charge in [-0.05, 0) is 121 Å². The fourth-order valence-electron chi connectivity index (χ4n) is 7.77. The third-order valence-corrected chi connectivity index (χ3v) is 9.92. The number of phenolic OH excluding ortho intramolecular Hbond substituents is 2. The van der Waals surface area contributed by atoms with Gasteiger partial charge in [0.2, 0.25) is 0 Å². The molecule has 43 heavy (non-hydrogen) atoms. The molecule has 0 radical (unpaired) electrons. The van der Waals surface area contributed by atoms with Gasteiger partial charge in [0, 0.05) is 37.3 Å². The van der Waals surface area contributed by atoms with Gasteiger partial charge in [0.25, 0.3) is 0 Å². The Hall–Kier alpha value is -3.16. The minimum absolute atomic E-state index is 0. The van der Waals surface area contributed by atoms with Gasteiger partial charge in [0.1, 0.15) is 11.5 Å². The molecule has 0 spiro atoms. The Kier molecular flexibility index (Phi) is 9.20. The van der Waals surface area contributed by atoms with Crippen LogP contribution in [0.1, 0.15) is 64.2 Å². The van der Waals surface area contributed by atoms with E-state index in [0.717, 1.165) is 33.4 Å². The number of allylic oxidation sites excluding steroid dienone is 8. The first kappa shape index (κ1) is 29.9. The summed E-state index contributed by atoms with van der Waals surface area (Å²) in [6, 6.07) is 22.9. The quantitative estimate of drug-likeness (QED) is 0.232. The van der Waals surface area contributed by atoms with Gasteiger partial charge in [-0.1, -0.05) is 96.1 Å². The molecular formula is C40H40O2Zr. The van der Waals surface area contributed by atoms with Gasteiger partial charge >= 0.3 is 0 Å². The van der Waals surface area contributed by atoms with Crippen LogP contribution in [-0.4, -0.2) is 10.2 Å². The molecule has 0 amide bonds. The van der Waals surface area contributed by atoms with Crippen LogP contribution >= 0.6 is 0 Å². The van der Waals surface area contributed by atoms with Gasteiger partial charge in [-0.3, -0.25) is 0 Å². The predicted molar refractivity (Wildman–Crippen MR) is 176 cm³/mol. The minimum Gasteiger partial charge on any atom is -0.507 e. The molecule has 4 aliphatic rings. The third kappa shape index (κ3) is 5.99. The summed E-state index contributed by atoms with van der Waals surface area (Å²) in [4.78, 5) is 0. The minimum atomic E-state index is 0. The van der Waals surface area contributed by atoms with Crippen molar-refractivity contribution in [3.63, 3.8) is 0 Å². The van der Waals surface area contributed by atoms with E-state index in [0.29, 0.717) is 11.1 Å². The van der Waals surface area contributed by atoms with Crippen molar-refractivity contribution < 1.29 is 36.4 Å². The third-order valence-electron chi connectivity index (χ3n) is 9.92. The summed E-state index contributed by atoms with van der Waals surface area (Å²) < 4.78 is 0. The van der Waals surface area contributed by atoms with E-state index in [9.17, 15) is 10.2 Å². The molecule has 0 saturated heterocycles. The number of aromatic hydroxyl groups is 2. The molecule has 0 aliphatic heterocycles. The Morgan fingerprint density at radius 3 is 1.40 bits per heavy atom. The molecule has 1 unspecified atom stereocenters. The number of rotatable bonds is 4. The molecule has 0 saturated carbocycles. The summed E-state index contributed by atoms with van der Waals surface area (Å²) in [5.74, 6) is 1.91. The molecule has 0 fully saturated rings. The average Bonchev–Trinajstić information content (AvgIpc) is 3.65. The van der Waals surface area contributed by atoms with Crippen LogP contribution in [0.4, 0.5) is 0 Å². The maximum absolute atomic E-state index is 10.4. The van der Waals surface area contributed by atoms with Gasteiger partial charge in [-0.25, -0.2) is 0 Å². The van der Waals surface area contributed by atoms with Gasteiger partial charge in [-0.2, -0.15) is 0 Å². The summed E-state index contributed by atoms with van der Waals surface area (Å²) in [6.07, 6.45) is 23.8. The van der Waals surface area contributed by atoms with Crippen LogP contribution in [0.2, 0.25) is 0 Å². The summed E-state index contributed by atoms with van der Waals surface area (Å²) in [6.45, 7) is 0. The van der Waals surface area contributed by atoms with E-state index in [1.54, 1.807) is 34.4 Å². The zero-order valence-corrected chi connectivity index (χ0v) is 27.3. The Morgan fingerprint density at radius 2 is 0.930 bits per heavy atom. The van der Waals surface area contributed by atoms with E-state index in [-0.39, 0.29) is 37.7 Å². The molecule has 216 valence electrons. The van der Waals surface area contributed by atoms with Crippen molar-refractivity contribution in [3.05, 3.63) is 119 Å². The van der Waals surface area contributed by atoms with Crippen molar-refractivity contribution in [2.75, 3.05) is 0 Å². The molecule has 2 N–H and O–H groups in total. The van der Waals surface area contributed by atoms with E-state index >= 15 is 0 Å². The van der Waals surface area contributed by atoms with Crippen molar-refractivity contribution in [1.29, 1.82) is 0 Å². The van der Waals surface area contributed by atoms with Crippen LogP contribution < -0.4 is 0 Å². The first-order valence-electron chi connectivity index (χ1n) is 15.9. The maximum atomic E-state index is 10.4. The number of hydrogen-bond acceptors (Lipinski definition) is 2. The second kappa shape index (κ2) is 13.2. The Morgan fingerprint density at radius 1 is 0.512 bits per heavy atom. The second-order valence-corrected chi connectivity index (χ2v) is 12.4. The molecule has 8 rings (SSSR count). The number of phenols is 2. The summed E-state index contributed by atoms with van der Waals surface area (Å²) in [5.41, 5.74) is 8.34. The number of benzene rings is 4. The van der Waals surface area contributed by atoms with Crippen LogP contribution in [0.5, 0.6) is 11.5 Å². The Bertz CT molecular complexity index is 1640. The van der Waals surface area contributed by atoms with E-state index in [1.807, 2.05) is 60.7 Å². The van der Waals surface area contributed by atoms with Crippen LogP contribution in [0.3, 0.4) is 0 Å². The molecule has 4 aromatic rings. The van der Waals surface area contributed by atoms with Gasteiger partial charge < -0.3 is 10.2 Å². The fourth-order valence-corrected chi connectivity index (χ4v) is 7.77. The smallest absolute Gasteiger partial charge is 0.124 e. The molecule has 2 nitrogen and oxygen atoms in total. The molecule has 3 heteroatoms. The fraction of sp³-hybridized carbons (Fsp3) is 0.300. The van der Waals surface area contributed by atoms with Crippen molar-refractivity contribution in [1.82, 2.24) is 0 Å². The van der Waals surface area contributed by atoms with Crippen LogP contribution in [0.25, 0.3) is 32.7 Å². The Balaban J connectivity index is 0.000000150. The van der Waals surface area contributed by atoms with Crippen LogP contribution in [0, 0.1) is 11.8 Å².